The lowest BCUT2D eigenvalue weighted by molar-refractivity contribution is 0.0599. The van der Waals surface area contributed by atoms with E-state index < -0.39 is 0 Å². The van der Waals surface area contributed by atoms with E-state index in [4.69, 9.17) is 16.3 Å². The quantitative estimate of drug-likeness (QED) is 0.840. The highest BCUT2D eigenvalue weighted by Gasteiger charge is 2.27. The molecule has 110 valence electrons. The van der Waals surface area contributed by atoms with Crippen LogP contribution in [0.1, 0.15) is 38.8 Å². The summed E-state index contributed by atoms with van der Waals surface area (Å²) in [5.41, 5.74) is 2.96. The highest BCUT2D eigenvalue weighted by atomic mass is 35.5. The molecule has 0 saturated carbocycles. The van der Waals surface area contributed by atoms with Gasteiger partial charge < -0.3 is 10.1 Å². The van der Waals surface area contributed by atoms with Crippen LogP contribution in [0.3, 0.4) is 0 Å². The van der Waals surface area contributed by atoms with Crippen molar-refractivity contribution in [1.29, 1.82) is 0 Å². The van der Waals surface area contributed by atoms with Crippen LogP contribution < -0.4 is 5.32 Å². The Balaban J connectivity index is 1.88. The number of hydrogen-bond donors (Lipinski definition) is 1. The first-order valence-electron chi connectivity index (χ1n) is 6.82. The van der Waals surface area contributed by atoms with E-state index in [1.807, 2.05) is 25.1 Å². The number of thiophene rings is 1. The molecule has 0 aliphatic heterocycles. The summed E-state index contributed by atoms with van der Waals surface area (Å²) >= 11 is 7.77. The topological polar surface area (TPSA) is 38.3 Å². The third-order valence-corrected chi connectivity index (χ3v) is 5.34. The van der Waals surface area contributed by atoms with Crippen molar-refractivity contribution in [2.75, 3.05) is 12.4 Å². The zero-order valence-corrected chi connectivity index (χ0v) is 13.5. The van der Waals surface area contributed by atoms with Gasteiger partial charge in [-0.15, -0.1) is 11.3 Å². The van der Waals surface area contributed by atoms with Gasteiger partial charge in [-0.1, -0.05) is 23.7 Å². The zero-order chi connectivity index (χ0) is 15.0. The van der Waals surface area contributed by atoms with Gasteiger partial charge in [-0.25, -0.2) is 4.79 Å². The molecular formula is C16H16ClNO2S. The van der Waals surface area contributed by atoms with E-state index in [0.29, 0.717) is 5.56 Å². The highest BCUT2D eigenvalue weighted by Crippen LogP contribution is 2.39. The van der Waals surface area contributed by atoms with Crippen LogP contribution in [0.25, 0.3) is 0 Å². The number of esters is 1. The monoisotopic (exact) mass is 321 g/mol. The summed E-state index contributed by atoms with van der Waals surface area (Å²) in [5, 5.41) is 5.39. The van der Waals surface area contributed by atoms with Gasteiger partial charge >= 0.3 is 5.97 Å². The van der Waals surface area contributed by atoms with E-state index in [-0.39, 0.29) is 12.0 Å². The van der Waals surface area contributed by atoms with Crippen molar-refractivity contribution < 1.29 is 9.53 Å². The summed E-state index contributed by atoms with van der Waals surface area (Å²) in [6.45, 7) is 2.01. The fourth-order valence-electron chi connectivity index (χ4n) is 2.81. The second-order valence-electron chi connectivity index (χ2n) is 5.12. The fraction of sp³-hybridized carbons (Fsp3) is 0.312. The second-order valence-corrected chi connectivity index (χ2v) is 6.78. The number of hydrogen-bond acceptors (Lipinski definition) is 4. The molecule has 0 spiro atoms. The molecule has 5 heteroatoms. The molecule has 1 aromatic carbocycles. The Hall–Kier alpha value is -1.52. The minimum absolute atomic E-state index is 0.221. The van der Waals surface area contributed by atoms with Gasteiger partial charge in [0.15, 0.2) is 0 Å². The molecule has 3 rings (SSSR count). The molecule has 1 unspecified atom stereocenters. The maximum Gasteiger partial charge on any atom is 0.338 e. The van der Waals surface area contributed by atoms with Gasteiger partial charge in [0.05, 0.1) is 28.7 Å². The summed E-state index contributed by atoms with van der Waals surface area (Å²) in [4.78, 5) is 12.9. The number of fused-ring (bicyclic) bond motifs is 1. The number of rotatable bonds is 3. The maximum atomic E-state index is 11.8. The Labute approximate surface area is 132 Å². The largest absolute Gasteiger partial charge is 0.465 e. The molecule has 0 amide bonds. The molecule has 0 saturated heterocycles. The van der Waals surface area contributed by atoms with Gasteiger partial charge in [-0.3, -0.25) is 0 Å². The van der Waals surface area contributed by atoms with Gasteiger partial charge in [0.2, 0.25) is 0 Å². The average molecular weight is 322 g/mol. The minimum atomic E-state index is -0.262. The highest BCUT2D eigenvalue weighted by molar-refractivity contribution is 7.16. The maximum absolute atomic E-state index is 11.8. The third-order valence-electron chi connectivity index (χ3n) is 3.85. The number of carbonyl (C=O) groups excluding carboxylic acids is 1. The normalized spacial score (nSPS) is 16.6. The van der Waals surface area contributed by atoms with Crippen molar-refractivity contribution in [2.45, 2.75) is 25.8 Å². The van der Waals surface area contributed by atoms with Gasteiger partial charge in [0.25, 0.3) is 0 Å². The Morgan fingerprint density at radius 2 is 2.29 bits per heavy atom. The average Bonchev–Trinajstić information content (AvgIpc) is 3.02. The first kappa shape index (κ1) is 14.4. The van der Waals surface area contributed by atoms with Crippen molar-refractivity contribution in [3.63, 3.8) is 0 Å². The third kappa shape index (κ3) is 2.65. The van der Waals surface area contributed by atoms with E-state index in [1.54, 1.807) is 11.3 Å². The van der Waals surface area contributed by atoms with E-state index >= 15 is 0 Å². The molecule has 0 bridgehead atoms. The van der Waals surface area contributed by atoms with Crippen LogP contribution >= 0.6 is 22.9 Å². The summed E-state index contributed by atoms with van der Waals surface area (Å²) in [6, 6.07) is 8.01. The van der Waals surface area contributed by atoms with Crippen LogP contribution in [0.5, 0.6) is 0 Å². The lowest BCUT2D eigenvalue weighted by atomic mass is 10.0. The van der Waals surface area contributed by atoms with Crippen LogP contribution in [-0.4, -0.2) is 13.1 Å². The molecule has 21 heavy (non-hydrogen) atoms. The first-order valence-corrected chi connectivity index (χ1v) is 8.02. The second kappa shape index (κ2) is 5.70. The summed E-state index contributed by atoms with van der Waals surface area (Å²) in [6.07, 6.45) is 1.86. The van der Waals surface area contributed by atoms with E-state index in [9.17, 15) is 4.79 Å². The lowest BCUT2D eigenvalue weighted by Gasteiger charge is -2.14. The van der Waals surface area contributed by atoms with Crippen molar-refractivity contribution in [3.05, 3.63) is 50.9 Å². The Bertz CT molecular complexity index is 676. The molecule has 1 aliphatic rings. The number of ether oxygens (including phenoxy) is 1. The molecule has 0 radical (unpaired) electrons. The smallest absolute Gasteiger partial charge is 0.338 e. The molecule has 3 nitrogen and oxygen atoms in total. The number of benzene rings is 1. The SMILES string of the molecule is COC(=O)c1cccc2c1CCC2Nc1cc(Cl)c(C)s1. The molecular weight excluding hydrogens is 306 g/mol. The number of anilines is 1. The van der Waals surface area contributed by atoms with Crippen LogP contribution in [0.15, 0.2) is 24.3 Å². The molecule has 1 aromatic heterocycles. The molecule has 1 atom stereocenters. The van der Waals surface area contributed by atoms with E-state index in [2.05, 4.69) is 11.4 Å². The van der Waals surface area contributed by atoms with Gasteiger partial charge in [-0.2, -0.15) is 0 Å². The Morgan fingerprint density at radius 3 is 2.95 bits per heavy atom. The van der Waals surface area contributed by atoms with Gasteiger partial charge in [0, 0.05) is 4.88 Å². The summed E-state index contributed by atoms with van der Waals surface area (Å²) in [5.74, 6) is -0.262. The molecule has 2 aromatic rings. The van der Waals surface area contributed by atoms with Crippen molar-refractivity contribution in [3.8, 4) is 0 Å². The minimum Gasteiger partial charge on any atom is -0.465 e. The Morgan fingerprint density at radius 1 is 1.48 bits per heavy atom. The molecule has 1 N–H and O–H groups in total. The van der Waals surface area contributed by atoms with Gasteiger partial charge in [-0.05, 0) is 43.0 Å². The van der Waals surface area contributed by atoms with E-state index in [0.717, 1.165) is 33.3 Å². The standard InChI is InChI=1S/C16H16ClNO2S/c1-9-13(17)8-15(21-9)18-14-7-6-10-11(14)4-3-5-12(10)16(19)20-2/h3-5,8,14,18H,6-7H2,1-2H3. The number of carbonyl (C=O) groups is 1. The van der Waals surface area contributed by atoms with Gasteiger partial charge in [0.1, 0.15) is 0 Å². The lowest BCUT2D eigenvalue weighted by Crippen LogP contribution is -2.08. The molecule has 1 heterocycles. The number of nitrogens with one attached hydrogen (secondary N) is 1. The fourth-order valence-corrected chi connectivity index (χ4v) is 3.96. The Kier molecular flexibility index (Phi) is 3.91. The molecule has 0 fully saturated rings. The van der Waals surface area contributed by atoms with Crippen LogP contribution in [0.2, 0.25) is 5.02 Å². The summed E-state index contributed by atoms with van der Waals surface area (Å²) < 4.78 is 4.86. The number of halogens is 1. The zero-order valence-electron chi connectivity index (χ0n) is 11.9. The molecule has 1 aliphatic carbocycles. The van der Waals surface area contributed by atoms with Crippen LogP contribution in [-0.2, 0) is 11.2 Å². The first-order chi connectivity index (χ1) is 10.1. The summed E-state index contributed by atoms with van der Waals surface area (Å²) in [7, 11) is 1.42. The predicted octanol–water partition coefficient (Wildman–Crippen LogP) is 4.60. The number of methoxy groups -OCH3 is 1. The van der Waals surface area contributed by atoms with Crippen LogP contribution in [0, 0.1) is 6.92 Å². The van der Waals surface area contributed by atoms with Crippen molar-refractivity contribution in [2.24, 2.45) is 0 Å². The van der Waals surface area contributed by atoms with Crippen LogP contribution in [0.4, 0.5) is 5.00 Å². The number of aryl methyl sites for hydroxylation is 1. The van der Waals surface area contributed by atoms with Crippen molar-refractivity contribution in [1.82, 2.24) is 0 Å². The predicted molar refractivity (Wildman–Crippen MR) is 86.5 cm³/mol. The van der Waals surface area contributed by atoms with Crippen molar-refractivity contribution >= 4 is 33.9 Å². The van der Waals surface area contributed by atoms with E-state index in [1.165, 1.54) is 12.7 Å².